The van der Waals surface area contributed by atoms with Gasteiger partial charge in [-0.3, -0.25) is 4.79 Å². The monoisotopic (exact) mass is 291 g/mol. The van der Waals surface area contributed by atoms with Crippen molar-refractivity contribution in [3.05, 3.63) is 64.4 Å². The summed E-state index contributed by atoms with van der Waals surface area (Å²) in [5.41, 5.74) is 8.04. The minimum atomic E-state index is -0.493. The summed E-state index contributed by atoms with van der Waals surface area (Å²) < 4.78 is 13.3. The fourth-order valence-electron chi connectivity index (χ4n) is 2.00. The van der Waals surface area contributed by atoms with Gasteiger partial charge in [0, 0.05) is 18.5 Å². The molecule has 2 nitrogen and oxygen atoms in total. The Bertz CT molecular complexity index is 628. The van der Waals surface area contributed by atoms with Gasteiger partial charge in [0.15, 0.2) is 0 Å². The number of nitrogen functional groups attached to an aromatic ring is 1. The van der Waals surface area contributed by atoms with Crippen molar-refractivity contribution in [1.29, 1.82) is 0 Å². The van der Waals surface area contributed by atoms with Gasteiger partial charge in [0.1, 0.15) is 11.6 Å². The second-order valence-electron chi connectivity index (χ2n) is 4.71. The summed E-state index contributed by atoms with van der Waals surface area (Å²) >= 11 is 5.60. The van der Waals surface area contributed by atoms with Crippen LogP contribution in [0.2, 0.25) is 5.02 Å². The van der Waals surface area contributed by atoms with E-state index < -0.39 is 5.82 Å². The maximum absolute atomic E-state index is 13.3. The van der Waals surface area contributed by atoms with E-state index in [1.54, 1.807) is 6.07 Å². The molecule has 0 saturated carbocycles. The van der Waals surface area contributed by atoms with E-state index in [1.807, 2.05) is 24.3 Å². The number of ketones is 1. The summed E-state index contributed by atoms with van der Waals surface area (Å²) in [6, 6.07) is 11.9. The molecule has 0 amide bonds. The van der Waals surface area contributed by atoms with Gasteiger partial charge in [-0.25, -0.2) is 4.39 Å². The molecule has 4 heteroatoms. The van der Waals surface area contributed by atoms with Gasteiger partial charge in [0.2, 0.25) is 0 Å². The first-order valence-electron chi connectivity index (χ1n) is 6.34. The molecule has 2 N–H and O–H groups in total. The van der Waals surface area contributed by atoms with Crippen molar-refractivity contribution in [1.82, 2.24) is 0 Å². The molecule has 0 aliphatic rings. The van der Waals surface area contributed by atoms with Crippen LogP contribution in [-0.2, 0) is 17.6 Å². The number of carbonyl (C=O) groups is 1. The number of halogens is 2. The van der Waals surface area contributed by atoms with E-state index >= 15 is 0 Å². The fourth-order valence-corrected chi connectivity index (χ4v) is 2.12. The van der Waals surface area contributed by atoms with Crippen molar-refractivity contribution >= 4 is 23.1 Å². The van der Waals surface area contributed by atoms with Crippen LogP contribution in [0.15, 0.2) is 42.5 Å². The molecule has 20 heavy (non-hydrogen) atoms. The van der Waals surface area contributed by atoms with E-state index in [1.165, 1.54) is 12.1 Å². The van der Waals surface area contributed by atoms with Crippen LogP contribution in [0.25, 0.3) is 0 Å². The first kappa shape index (κ1) is 14.5. The van der Waals surface area contributed by atoms with E-state index in [4.69, 9.17) is 17.3 Å². The zero-order valence-corrected chi connectivity index (χ0v) is 11.7. The molecule has 2 rings (SSSR count). The minimum absolute atomic E-state index is 0.0640. The molecule has 0 spiro atoms. The topological polar surface area (TPSA) is 43.1 Å². The smallest absolute Gasteiger partial charge is 0.142 e. The van der Waals surface area contributed by atoms with E-state index in [0.29, 0.717) is 24.1 Å². The highest BCUT2D eigenvalue weighted by Crippen LogP contribution is 2.16. The van der Waals surface area contributed by atoms with Crippen molar-refractivity contribution in [2.75, 3.05) is 5.73 Å². The van der Waals surface area contributed by atoms with Gasteiger partial charge < -0.3 is 5.73 Å². The lowest BCUT2D eigenvalue weighted by atomic mass is 10.0. The number of nitrogens with two attached hydrogens (primary N) is 1. The Labute approximate surface area is 122 Å². The SMILES string of the molecule is Nc1cccc(CCC(=O)Cc2ccc(Cl)c(F)c2)c1. The fraction of sp³-hybridized carbons (Fsp3) is 0.188. The number of anilines is 1. The largest absolute Gasteiger partial charge is 0.399 e. The Hall–Kier alpha value is -1.87. The van der Waals surface area contributed by atoms with E-state index in [9.17, 15) is 9.18 Å². The predicted octanol–water partition coefficient (Wildman–Crippen LogP) is 3.81. The molecule has 0 saturated heterocycles. The summed E-state index contributed by atoms with van der Waals surface area (Å²) in [4.78, 5) is 11.9. The number of benzene rings is 2. The molecular weight excluding hydrogens is 277 g/mol. The average molecular weight is 292 g/mol. The highest BCUT2D eigenvalue weighted by Gasteiger charge is 2.07. The number of hydrogen-bond acceptors (Lipinski definition) is 2. The molecule has 2 aromatic rings. The highest BCUT2D eigenvalue weighted by atomic mass is 35.5. The van der Waals surface area contributed by atoms with Crippen LogP contribution in [0, 0.1) is 5.82 Å². The molecule has 2 aromatic carbocycles. The lowest BCUT2D eigenvalue weighted by Gasteiger charge is -2.04. The number of Topliss-reactive ketones (excluding diaryl/α,β-unsaturated/α-hetero) is 1. The van der Waals surface area contributed by atoms with Crippen LogP contribution in [-0.4, -0.2) is 5.78 Å². The summed E-state index contributed by atoms with van der Waals surface area (Å²) in [6.07, 6.45) is 1.27. The zero-order valence-electron chi connectivity index (χ0n) is 10.9. The average Bonchev–Trinajstić information content (AvgIpc) is 2.41. The second-order valence-corrected chi connectivity index (χ2v) is 5.12. The quantitative estimate of drug-likeness (QED) is 0.851. The Morgan fingerprint density at radius 3 is 2.65 bits per heavy atom. The minimum Gasteiger partial charge on any atom is -0.399 e. The van der Waals surface area contributed by atoms with Gasteiger partial charge in [-0.1, -0.05) is 29.8 Å². The predicted molar refractivity (Wildman–Crippen MR) is 79.3 cm³/mol. The first-order chi connectivity index (χ1) is 9.54. The molecule has 0 aliphatic heterocycles. The van der Waals surface area contributed by atoms with E-state index in [2.05, 4.69) is 0 Å². The molecular formula is C16H15ClFNO. The molecule has 0 bridgehead atoms. The van der Waals surface area contributed by atoms with E-state index in [0.717, 1.165) is 5.56 Å². The van der Waals surface area contributed by atoms with E-state index in [-0.39, 0.29) is 17.2 Å². The third-order valence-electron chi connectivity index (χ3n) is 3.03. The lowest BCUT2D eigenvalue weighted by Crippen LogP contribution is -2.05. The van der Waals surface area contributed by atoms with Gasteiger partial charge in [-0.2, -0.15) is 0 Å². The van der Waals surface area contributed by atoms with Gasteiger partial charge in [0.05, 0.1) is 5.02 Å². The van der Waals surface area contributed by atoms with Gasteiger partial charge in [-0.05, 0) is 41.8 Å². The third kappa shape index (κ3) is 4.07. The molecule has 0 fully saturated rings. The van der Waals surface area contributed by atoms with Crippen LogP contribution in [0.3, 0.4) is 0 Å². The maximum Gasteiger partial charge on any atom is 0.142 e. The Kier molecular flexibility index (Phi) is 4.74. The lowest BCUT2D eigenvalue weighted by molar-refractivity contribution is -0.118. The van der Waals surface area contributed by atoms with Crippen molar-refractivity contribution in [3.63, 3.8) is 0 Å². The first-order valence-corrected chi connectivity index (χ1v) is 6.72. The maximum atomic E-state index is 13.3. The normalized spacial score (nSPS) is 10.5. The summed E-state index contributed by atoms with van der Waals surface area (Å²) in [5, 5.41) is 0.0703. The molecule has 0 heterocycles. The molecule has 0 unspecified atom stereocenters. The summed E-state index contributed by atoms with van der Waals surface area (Å²) in [6.45, 7) is 0. The highest BCUT2D eigenvalue weighted by molar-refractivity contribution is 6.30. The molecule has 0 radical (unpaired) electrons. The molecule has 104 valence electrons. The number of carbonyl (C=O) groups excluding carboxylic acids is 1. The van der Waals surface area contributed by atoms with Crippen LogP contribution in [0.1, 0.15) is 17.5 Å². The Morgan fingerprint density at radius 1 is 1.15 bits per heavy atom. The van der Waals surface area contributed by atoms with Crippen LogP contribution >= 0.6 is 11.6 Å². The van der Waals surface area contributed by atoms with Gasteiger partial charge >= 0.3 is 0 Å². The molecule has 0 aliphatic carbocycles. The number of rotatable bonds is 5. The second kappa shape index (κ2) is 6.53. The number of hydrogen-bond donors (Lipinski definition) is 1. The standard InChI is InChI=1S/C16H15ClFNO/c17-15-7-5-12(10-16(15)18)9-14(20)6-4-11-2-1-3-13(19)8-11/h1-3,5,7-8,10H,4,6,9,19H2. The van der Waals surface area contributed by atoms with Gasteiger partial charge in [0.25, 0.3) is 0 Å². The molecule has 0 aromatic heterocycles. The van der Waals surface area contributed by atoms with Crippen molar-refractivity contribution in [3.8, 4) is 0 Å². The Balaban J connectivity index is 1.91. The summed E-state index contributed by atoms with van der Waals surface area (Å²) in [7, 11) is 0. The summed E-state index contributed by atoms with van der Waals surface area (Å²) in [5.74, 6) is -0.429. The van der Waals surface area contributed by atoms with Crippen molar-refractivity contribution in [2.45, 2.75) is 19.3 Å². The van der Waals surface area contributed by atoms with Crippen molar-refractivity contribution < 1.29 is 9.18 Å². The van der Waals surface area contributed by atoms with Crippen LogP contribution < -0.4 is 5.73 Å². The Morgan fingerprint density at radius 2 is 1.95 bits per heavy atom. The van der Waals surface area contributed by atoms with Gasteiger partial charge in [-0.15, -0.1) is 0 Å². The van der Waals surface area contributed by atoms with Crippen molar-refractivity contribution in [2.24, 2.45) is 0 Å². The zero-order chi connectivity index (χ0) is 14.5. The number of aryl methyl sites for hydroxylation is 1. The van der Waals surface area contributed by atoms with Crippen LogP contribution in [0.5, 0.6) is 0 Å². The van der Waals surface area contributed by atoms with Crippen LogP contribution in [0.4, 0.5) is 10.1 Å². The third-order valence-corrected chi connectivity index (χ3v) is 3.34. The molecule has 0 atom stereocenters.